The molecule has 0 saturated heterocycles. The predicted molar refractivity (Wildman–Crippen MR) is 98.9 cm³/mol. The maximum absolute atomic E-state index is 11.5. The van der Waals surface area contributed by atoms with Crippen molar-refractivity contribution in [2.45, 2.75) is 20.3 Å². The minimum absolute atomic E-state index is 0.00307. The number of aliphatic imine (C=N–C) groups is 1. The highest BCUT2D eigenvalue weighted by atomic mass is 35.5. The predicted octanol–water partition coefficient (Wildman–Crippen LogP) is 1.83. The number of amides is 1. The van der Waals surface area contributed by atoms with Crippen LogP contribution >= 0.6 is 11.6 Å². The Balaban J connectivity index is 2.30. The molecule has 1 aromatic carbocycles. The lowest BCUT2D eigenvalue weighted by Crippen LogP contribution is -2.42. The van der Waals surface area contributed by atoms with Gasteiger partial charge in [0.1, 0.15) is 5.75 Å². The van der Waals surface area contributed by atoms with Gasteiger partial charge in [0, 0.05) is 37.6 Å². The van der Waals surface area contributed by atoms with E-state index in [1.54, 1.807) is 20.2 Å². The first kappa shape index (κ1) is 20.1. The number of carbonyl (C=O) groups is 1. The van der Waals surface area contributed by atoms with E-state index in [1.165, 1.54) is 0 Å². The minimum atomic E-state index is -0.00307. The Kier molecular flexibility index (Phi) is 9.01. The Bertz CT molecular complexity index is 562. The van der Waals surface area contributed by atoms with Crippen molar-refractivity contribution in [2.75, 3.05) is 33.8 Å². The first-order valence-electron chi connectivity index (χ1n) is 8.02. The normalized spacial score (nSPS) is 11.3. The molecule has 0 aliphatic carbocycles. The number of hydrogen-bond acceptors (Lipinski definition) is 3. The van der Waals surface area contributed by atoms with Crippen LogP contribution in [0, 0.1) is 5.92 Å². The van der Waals surface area contributed by atoms with Crippen LogP contribution in [0.15, 0.2) is 23.2 Å². The smallest absolute Gasteiger partial charge is 0.222 e. The summed E-state index contributed by atoms with van der Waals surface area (Å²) < 4.78 is 5.14. The molecular formula is C17H27ClN4O2. The molecule has 6 nitrogen and oxygen atoms in total. The van der Waals surface area contributed by atoms with Crippen molar-refractivity contribution in [1.82, 2.24) is 16.0 Å². The summed E-state index contributed by atoms with van der Waals surface area (Å²) in [5.74, 6) is 1.49. The van der Waals surface area contributed by atoms with Gasteiger partial charge in [-0.25, -0.2) is 0 Å². The summed E-state index contributed by atoms with van der Waals surface area (Å²) in [5, 5.41) is 9.91. The van der Waals surface area contributed by atoms with Crippen molar-refractivity contribution in [3.63, 3.8) is 0 Å². The van der Waals surface area contributed by atoms with Gasteiger partial charge >= 0.3 is 0 Å². The average Bonchev–Trinajstić information content (AvgIpc) is 2.57. The second-order valence-electron chi connectivity index (χ2n) is 5.58. The van der Waals surface area contributed by atoms with E-state index in [0.29, 0.717) is 30.6 Å². The molecule has 0 radical (unpaired) electrons. The third kappa shape index (κ3) is 7.08. The molecule has 0 bridgehead atoms. The maximum Gasteiger partial charge on any atom is 0.222 e. The molecule has 134 valence electrons. The summed E-state index contributed by atoms with van der Waals surface area (Å²) in [6.45, 7) is 5.61. The molecule has 1 amide bonds. The van der Waals surface area contributed by atoms with Gasteiger partial charge in [0.15, 0.2) is 5.96 Å². The molecule has 0 saturated carbocycles. The number of hydrogen-bond donors (Lipinski definition) is 3. The Morgan fingerprint density at radius 2 is 1.88 bits per heavy atom. The highest BCUT2D eigenvalue weighted by Crippen LogP contribution is 2.22. The van der Waals surface area contributed by atoms with Crippen LogP contribution in [0.1, 0.15) is 19.4 Å². The van der Waals surface area contributed by atoms with Crippen molar-refractivity contribution >= 4 is 23.5 Å². The molecule has 1 aromatic rings. The molecule has 0 fully saturated rings. The van der Waals surface area contributed by atoms with Crippen LogP contribution in [0.3, 0.4) is 0 Å². The number of carbonyl (C=O) groups excluding carboxylic acids is 1. The Morgan fingerprint density at radius 1 is 1.21 bits per heavy atom. The fourth-order valence-corrected chi connectivity index (χ4v) is 2.23. The van der Waals surface area contributed by atoms with Crippen LogP contribution in [-0.4, -0.2) is 45.7 Å². The lowest BCUT2D eigenvalue weighted by Gasteiger charge is -2.13. The Labute approximate surface area is 149 Å². The number of rotatable bonds is 8. The first-order chi connectivity index (χ1) is 11.5. The van der Waals surface area contributed by atoms with Crippen LogP contribution in [0.5, 0.6) is 5.75 Å². The summed E-state index contributed by atoms with van der Waals surface area (Å²) in [5.41, 5.74) is 1.05. The average molecular weight is 355 g/mol. The summed E-state index contributed by atoms with van der Waals surface area (Å²) in [6, 6.07) is 5.66. The molecular weight excluding hydrogens is 328 g/mol. The number of halogens is 1. The van der Waals surface area contributed by atoms with E-state index in [-0.39, 0.29) is 11.8 Å². The standard InChI is InChI=1S/C17H27ClN4O2/c1-12(2)16(23)20-9-10-22-17(19-3)21-8-7-13-5-6-14(24-4)11-15(13)18/h5-6,11-12H,7-10H2,1-4H3,(H,20,23)(H2,19,21,22). The largest absolute Gasteiger partial charge is 0.497 e. The van der Waals surface area contributed by atoms with Crippen LogP contribution in [0.2, 0.25) is 5.02 Å². The molecule has 7 heteroatoms. The Hall–Kier alpha value is -1.95. The molecule has 24 heavy (non-hydrogen) atoms. The van der Waals surface area contributed by atoms with Crippen molar-refractivity contribution in [2.24, 2.45) is 10.9 Å². The number of nitrogens with zero attached hydrogens (tertiary/aromatic N) is 1. The molecule has 1 rings (SSSR count). The highest BCUT2D eigenvalue weighted by molar-refractivity contribution is 6.31. The molecule has 0 aromatic heterocycles. The third-order valence-electron chi connectivity index (χ3n) is 3.41. The molecule has 0 heterocycles. The van der Waals surface area contributed by atoms with Crippen molar-refractivity contribution in [1.29, 1.82) is 0 Å². The number of ether oxygens (including phenoxy) is 1. The van der Waals surface area contributed by atoms with E-state index < -0.39 is 0 Å². The zero-order chi connectivity index (χ0) is 17.9. The highest BCUT2D eigenvalue weighted by Gasteiger charge is 2.06. The number of guanidine groups is 1. The van der Waals surface area contributed by atoms with Crippen LogP contribution in [0.25, 0.3) is 0 Å². The van der Waals surface area contributed by atoms with E-state index in [9.17, 15) is 4.79 Å². The Morgan fingerprint density at radius 3 is 2.46 bits per heavy atom. The molecule has 0 atom stereocenters. The zero-order valence-electron chi connectivity index (χ0n) is 14.8. The van der Waals surface area contributed by atoms with Gasteiger partial charge in [0.25, 0.3) is 0 Å². The molecule has 3 N–H and O–H groups in total. The van der Waals surface area contributed by atoms with E-state index in [4.69, 9.17) is 16.3 Å². The minimum Gasteiger partial charge on any atom is -0.497 e. The van der Waals surface area contributed by atoms with Gasteiger partial charge in [-0.15, -0.1) is 0 Å². The van der Waals surface area contributed by atoms with Crippen LogP contribution < -0.4 is 20.7 Å². The van der Waals surface area contributed by atoms with Gasteiger partial charge in [-0.2, -0.15) is 0 Å². The van der Waals surface area contributed by atoms with Gasteiger partial charge in [-0.3, -0.25) is 9.79 Å². The summed E-state index contributed by atoms with van der Waals surface area (Å²) in [7, 11) is 3.33. The summed E-state index contributed by atoms with van der Waals surface area (Å²) in [6.07, 6.45) is 0.771. The van der Waals surface area contributed by atoms with Crippen molar-refractivity contribution < 1.29 is 9.53 Å². The molecule has 0 spiro atoms. The van der Waals surface area contributed by atoms with Gasteiger partial charge in [0.05, 0.1) is 7.11 Å². The topological polar surface area (TPSA) is 74.8 Å². The third-order valence-corrected chi connectivity index (χ3v) is 3.76. The summed E-state index contributed by atoms with van der Waals surface area (Å²) >= 11 is 6.22. The van der Waals surface area contributed by atoms with E-state index in [1.807, 2.05) is 26.0 Å². The fourth-order valence-electron chi connectivity index (χ4n) is 1.96. The zero-order valence-corrected chi connectivity index (χ0v) is 15.5. The second kappa shape index (κ2) is 10.8. The quantitative estimate of drug-likeness (QED) is 0.378. The van der Waals surface area contributed by atoms with Gasteiger partial charge in [-0.1, -0.05) is 31.5 Å². The SMILES string of the molecule is CN=C(NCCNC(=O)C(C)C)NCCc1ccc(OC)cc1Cl. The van der Waals surface area contributed by atoms with Gasteiger partial charge in [-0.05, 0) is 24.1 Å². The van der Waals surface area contributed by atoms with Crippen LogP contribution in [-0.2, 0) is 11.2 Å². The van der Waals surface area contributed by atoms with Crippen LogP contribution in [0.4, 0.5) is 0 Å². The number of nitrogens with one attached hydrogen (secondary N) is 3. The summed E-state index contributed by atoms with van der Waals surface area (Å²) in [4.78, 5) is 15.6. The molecule has 0 aliphatic rings. The lowest BCUT2D eigenvalue weighted by molar-refractivity contribution is -0.123. The first-order valence-corrected chi connectivity index (χ1v) is 8.40. The lowest BCUT2D eigenvalue weighted by atomic mass is 10.1. The van der Waals surface area contributed by atoms with E-state index in [0.717, 1.165) is 17.7 Å². The second-order valence-corrected chi connectivity index (χ2v) is 5.99. The van der Waals surface area contributed by atoms with Gasteiger partial charge < -0.3 is 20.7 Å². The molecule has 0 aliphatic heterocycles. The van der Waals surface area contributed by atoms with Crippen molar-refractivity contribution in [3.8, 4) is 5.75 Å². The monoisotopic (exact) mass is 354 g/mol. The van der Waals surface area contributed by atoms with Crippen molar-refractivity contribution in [3.05, 3.63) is 28.8 Å². The number of methoxy groups -OCH3 is 1. The molecule has 0 unspecified atom stereocenters. The van der Waals surface area contributed by atoms with Gasteiger partial charge in [0.2, 0.25) is 5.91 Å². The number of benzene rings is 1. The van der Waals surface area contributed by atoms with E-state index in [2.05, 4.69) is 20.9 Å². The van der Waals surface area contributed by atoms with E-state index >= 15 is 0 Å². The fraction of sp³-hybridized carbons (Fsp3) is 0.529. The maximum atomic E-state index is 11.5.